The summed E-state index contributed by atoms with van der Waals surface area (Å²) in [5.74, 6) is 1.49. The molecule has 130 valence electrons. The minimum Gasteiger partial charge on any atom is -0.342 e. The van der Waals surface area contributed by atoms with Crippen LogP contribution in [0.15, 0.2) is 30.3 Å². The normalized spacial score (nSPS) is 20.7. The number of piperidine rings is 1. The minimum absolute atomic E-state index is 0. The van der Waals surface area contributed by atoms with Crippen molar-refractivity contribution < 1.29 is 4.79 Å². The second-order valence-corrected chi connectivity index (χ2v) is 7.07. The van der Waals surface area contributed by atoms with E-state index in [9.17, 15) is 4.79 Å². The van der Waals surface area contributed by atoms with Crippen LogP contribution in [0.25, 0.3) is 0 Å². The maximum atomic E-state index is 12.7. The number of carbonyl (C=O) groups is 1. The summed E-state index contributed by atoms with van der Waals surface area (Å²) in [5.41, 5.74) is 7.30. The van der Waals surface area contributed by atoms with Crippen LogP contribution in [-0.4, -0.2) is 29.9 Å². The molecular weight excluding hydrogens is 308 g/mol. The molecule has 1 aliphatic heterocycles. The van der Waals surface area contributed by atoms with Gasteiger partial charge in [-0.15, -0.1) is 12.4 Å². The number of carbonyl (C=O) groups excluding carboxylic acids is 1. The first kappa shape index (κ1) is 20.0. The molecule has 23 heavy (non-hydrogen) atoms. The van der Waals surface area contributed by atoms with Crippen LogP contribution >= 0.6 is 12.4 Å². The Labute approximate surface area is 147 Å². The van der Waals surface area contributed by atoms with Crippen molar-refractivity contribution in [1.82, 2.24) is 4.90 Å². The van der Waals surface area contributed by atoms with Crippen LogP contribution in [-0.2, 0) is 4.79 Å². The zero-order chi connectivity index (χ0) is 16.1. The summed E-state index contributed by atoms with van der Waals surface area (Å²) in [4.78, 5) is 14.8. The van der Waals surface area contributed by atoms with E-state index < -0.39 is 0 Å². The quantitative estimate of drug-likeness (QED) is 0.887. The number of likely N-dealkylation sites (tertiary alicyclic amines) is 1. The van der Waals surface area contributed by atoms with Gasteiger partial charge in [0, 0.05) is 25.6 Å². The van der Waals surface area contributed by atoms with Crippen molar-refractivity contribution in [2.75, 3.05) is 13.1 Å². The summed E-state index contributed by atoms with van der Waals surface area (Å²) >= 11 is 0. The fourth-order valence-electron chi connectivity index (χ4n) is 3.42. The molecule has 1 fully saturated rings. The first-order valence-electron chi connectivity index (χ1n) is 8.57. The third kappa shape index (κ3) is 5.50. The van der Waals surface area contributed by atoms with Crippen LogP contribution in [0.5, 0.6) is 0 Å². The first-order valence-corrected chi connectivity index (χ1v) is 8.57. The number of rotatable bonds is 5. The molecule has 4 heteroatoms. The molecule has 1 aliphatic rings. The second kappa shape index (κ2) is 9.29. The number of halogens is 1. The molecular formula is C19H31ClN2O. The van der Waals surface area contributed by atoms with Gasteiger partial charge < -0.3 is 10.6 Å². The molecule has 3 atom stereocenters. The lowest BCUT2D eigenvalue weighted by Crippen LogP contribution is -2.45. The summed E-state index contributed by atoms with van der Waals surface area (Å²) in [6.07, 6.45) is 2.83. The van der Waals surface area contributed by atoms with E-state index in [0.29, 0.717) is 24.2 Å². The first-order chi connectivity index (χ1) is 10.5. The number of nitrogens with two attached hydrogens (primary N) is 1. The van der Waals surface area contributed by atoms with E-state index in [4.69, 9.17) is 5.73 Å². The highest BCUT2D eigenvalue weighted by Gasteiger charge is 2.28. The van der Waals surface area contributed by atoms with Gasteiger partial charge in [-0.2, -0.15) is 0 Å². The van der Waals surface area contributed by atoms with Crippen LogP contribution in [0, 0.1) is 11.8 Å². The van der Waals surface area contributed by atoms with Gasteiger partial charge in [0.15, 0.2) is 0 Å². The monoisotopic (exact) mass is 338 g/mol. The zero-order valence-corrected chi connectivity index (χ0v) is 15.4. The van der Waals surface area contributed by atoms with E-state index in [0.717, 1.165) is 25.9 Å². The third-order valence-electron chi connectivity index (χ3n) is 4.98. The fourth-order valence-corrected chi connectivity index (χ4v) is 3.42. The van der Waals surface area contributed by atoms with Gasteiger partial charge in [0.1, 0.15) is 0 Å². The second-order valence-electron chi connectivity index (χ2n) is 7.07. The smallest absolute Gasteiger partial charge is 0.223 e. The Kier molecular flexibility index (Phi) is 8.07. The molecule has 1 saturated heterocycles. The van der Waals surface area contributed by atoms with E-state index in [1.54, 1.807) is 0 Å². The molecule has 0 spiro atoms. The third-order valence-corrected chi connectivity index (χ3v) is 4.98. The van der Waals surface area contributed by atoms with Crippen molar-refractivity contribution in [3.05, 3.63) is 35.9 Å². The van der Waals surface area contributed by atoms with Crippen molar-refractivity contribution in [2.24, 2.45) is 17.6 Å². The van der Waals surface area contributed by atoms with Gasteiger partial charge in [0.25, 0.3) is 0 Å². The van der Waals surface area contributed by atoms with Gasteiger partial charge >= 0.3 is 0 Å². The van der Waals surface area contributed by atoms with E-state index in [1.165, 1.54) is 5.56 Å². The fraction of sp³-hybridized carbons (Fsp3) is 0.632. The average molecular weight is 339 g/mol. The van der Waals surface area contributed by atoms with Crippen LogP contribution < -0.4 is 5.73 Å². The minimum atomic E-state index is 0. The molecule has 0 aromatic heterocycles. The van der Waals surface area contributed by atoms with Crippen molar-refractivity contribution in [3.8, 4) is 0 Å². The molecule has 1 heterocycles. The molecule has 2 rings (SSSR count). The van der Waals surface area contributed by atoms with Gasteiger partial charge in [0.05, 0.1) is 0 Å². The molecule has 1 amide bonds. The maximum absolute atomic E-state index is 12.7. The number of hydrogen-bond acceptors (Lipinski definition) is 2. The van der Waals surface area contributed by atoms with Gasteiger partial charge in [-0.05, 0) is 43.1 Å². The molecule has 0 saturated carbocycles. The topological polar surface area (TPSA) is 46.3 Å². The summed E-state index contributed by atoms with van der Waals surface area (Å²) in [6.45, 7) is 8.18. The summed E-state index contributed by atoms with van der Waals surface area (Å²) in [6, 6.07) is 10.6. The Morgan fingerprint density at radius 1 is 1.26 bits per heavy atom. The molecule has 1 aromatic rings. The van der Waals surface area contributed by atoms with Crippen LogP contribution in [0.3, 0.4) is 0 Å². The Morgan fingerprint density at radius 3 is 2.48 bits per heavy atom. The molecule has 3 unspecified atom stereocenters. The molecule has 0 aliphatic carbocycles. The maximum Gasteiger partial charge on any atom is 0.223 e. The number of amides is 1. The molecule has 0 radical (unpaired) electrons. The van der Waals surface area contributed by atoms with Crippen molar-refractivity contribution >= 4 is 18.3 Å². The average Bonchev–Trinajstić information content (AvgIpc) is 2.53. The number of benzene rings is 1. The van der Waals surface area contributed by atoms with E-state index in [2.05, 4.69) is 45.0 Å². The predicted molar refractivity (Wildman–Crippen MR) is 98.8 cm³/mol. The summed E-state index contributed by atoms with van der Waals surface area (Å²) in [7, 11) is 0. The van der Waals surface area contributed by atoms with Gasteiger partial charge in [-0.3, -0.25) is 4.79 Å². The summed E-state index contributed by atoms with van der Waals surface area (Å²) < 4.78 is 0. The molecule has 0 bridgehead atoms. The lowest BCUT2D eigenvalue weighted by Gasteiger charge is -2.35. The number of nitrogens with zero attached hydrogens (tertiary/aromatic N) is 1. The lowest BCUT2D eigenvalue weighted by atomic mass is 9.85. The number of hydrogen-bond donors (Lipinski definition) is 1. The van der Waals surface area contributed by atoms with Gasteiger partial charge in [0.2, 0.25) is 5.91 Å². The van der Waals surface area contributed by atoms with E-state index >= 15 is 0 Å². The Morgan fingerprint density at radius 2 is 1.91 bits per heavy atom. The SMILES string of the molecule is CC(C)C(CC(=O)N1CCCC(C(C)N)C1)c1ccccc1.Cl. The zero-order valence-electron chi connectivity index (χ0n) is 14.6. The highest BCUT2D eigenvalue weighted by molar-refractivity contribution is 5.85. The van der Waals surface area contributed by atoms with Crippen LogP contribution in [0.1, 0.15) is 51.5 Å². The van der Waals surface area contributed by atoms with Crippen molar-refractivity contribution in [3.63, 3.8) is 0 Å². The molecule has 3 nitrogen and oxygen atoms in total. The summed E-state index contributed by atoms with van der Waals surface area (Å²) in [5, 5.41) is 0. The standard InChI is InChI=1S/C19H30N2O.ClH/c1-14(2)18(16-8-5-4-6-9-16)12-19(22)21-11-7-10-17(13-21)15(3)20;/h4-6,8-9,14-15,17-18H,7,10-13,20H2,1-3H3;1H. The highest BCUT2D eigenvalue weighted by atomic mass is 35.5. The van der Waals surface area contributed by atoms with Gasteiger partial charge in [-0.1, -0.05) is 44.2 Å². The Hall–Kier alpha value is -1.06. The molecule has 2 N–H and O–H groups in total. The van der Waals surface area contributed by atoms with Crippen LogP contribution in [0.2, 0.25) is 0 Å². The van der Waals surface area contributed by atoms with E-state index in [-0.39, 0.29) is 24.4 Å². The Balaban J connectivity index is 0.00000264. The lowest BCUT2D eigenvalue weighted by molar-refractivity contribution is -0.133. The largest absolute Gasteiger partial charge is 0.342 e. The van der Waals surface area contributed by atoms with Crippen molar-refractivity contribution in [2.45, 2.75) is 52.0 Å². The van der Waals surface area contributed by atoms with Crippen LogP contribution in [0.4, 0.5) is 0 Å². The van der Waals surface area contributed by atoms with Crippen molar-refractivity contribution in [1.29, 1.82) is 0 Å². The molecule has 1 aromatic carbocycles. The highest BCUT2D eigenvalue weighted by Crippen LogP contribution is 2.29. The Bertz CT molecular complexity index is 476. The van der Waals surface area contributed by atoms with Gasteiger partial charge in [-0.25, -0.2) is 0 Å². The predicted octanol–water partition coefficient (Wildman–Crippen LogP) is 3.82. The van der Waals surface area contributed by atoms with E-state index in [1.807, 2.05) is 11.0 Å².